The molecule has 0 amide bonds. The van der Waals surface area contributed by atoms with Gasteiger partial charge in [-0.2, -0.15) is 5.10 Å². The number of aryl methyl sites for hydroxylation is 1. The molecule has 2 rings (SSSR count). The molecule has 0 saturated heterocycles. The van der Waals surface area contributed by atoms with Gasteiger partial charge in [0.25, 0.3) is 0 Å². The van der Waals surface area contributed by atoms with Gasteiger partial charge in [-0.25, -0.2) is 17.5 Å². The van der Waals surface area contributed by atoms with Crippen LogP contribution in [0, 0.1) is 5.82 Å². The van der Waals surface area contributed by atoms with Gasteiger partial charge in [0.15, 0.2) is 0 Å². The van der Waals surface area contributed by atoms with E-state index in [-0.39, 0.29) is 13.1 Å². The predicted octanol–water partition coefficient (Wildman–Crippen LogP) is 0.496. The molecular formula is C12H15FN4O2S. The van der Waals surface area contributed by atoms with Crippen molar-refractivity contribution in [2.75, 3.05) is 0 Å². The van der Waals surface area contributed by atoms with E-state index in [0.717, 1.165) is 6.07 Å². The van der Waals surface area contributed by atoms with Gasteiger partial charge in [-0.1, -0.05) is 6.07 Å². The van der Waals surface area contributed by atoms with E-state index in [1.165, 1.54) is 18.3 Å². The molecule has 2 aromatic rings. The zero-order valence-corrected chi connectivity index (χ0v) is 11.7. The van der Waals surface area contributed by atoms with E-state index in [4.69, 9.17) is 5.73 Å². The van der Waals surface area contributed by atoms with Crippen molar-refractivity contribution in [2.24, 2.45) is 12.8 Å². The Morgan fingerprint density at radius 3 is 2.70 bits per heavy atom. The van der Waals surface area contributed by atoms with Crippen molar-refractivity contribution in [1.29, 1.82) is 0 Å². The number of nitrogens with two attached hydrogens (primary N) is 1. The van der Waals surface area contributed by atoms with Crippen LogP contribution in [0.3, 0.4) is 0 Å². The SMILES string of the molecule is Cn1cc(CNS(=O)(=O)c2ccc(CN)cc2F)cn1. The van der Waals surface area contributed by atoms with E-state index >= 15 is 0 Å². The maximum Gasteiger partial charge on any atom is 0.243 e. The normalized spacial score (nSPS) is 11.8. The number of hydrogen-bond donors (Lipinski definition) is 2. The van der Waals surface area contributed by atoms with Crippen LogP contribution in [-0.2, 0) is 30.2 Å². The highest BCUT2D eigenvalue weighted by Gasteiger charge is 2.19. The number of nitrogens with zero attached hydrogens (tertiary/aromatic N) is 2. The molecule has 8 heteroatoms. The van der Waals surface area contributed by atoms with Gasteiger partial charge < -0.3 is 5.73 Å². The molecule has 0 bridgehead atoms. The van der Waals surface area contributed by atoms with Crippen LogP contribution in [-0.4, -0.2) is 18.2 Å². The van der Waals surface area contributed by atoms with Crippen LogP contribution in [0.4, 0.5) is 4.39 Å². The summed E-state index contributed by atoms with van der Waals surface area (Å²) in [5, 5.41) is 3.92. The molecular weight excluding hydrogens is 283 g/mol. The van der Waals surface area contributed by atoms with Gasteiger partial charge in [-0.3, -0.25) is 4.68 Å². The van der Waals surface area contributed by atoms with Crippen LogP contribution in [0.25, 0.3) is 0 Å². The lowest BCUT2D eigenvalue weighted by molar-refractivity contribution is 0.556. The first-order valence-corrected chi connectivity index (χ1v) is 7.36. The molecule has 0 aliphatic carbocycles. The first-order valence-electron chi connectivity index (χ1n) is 5.88. The standard InChI is InChI=1S/C12H15FN4O2S/c1-17-8-10(6-15-17)7-16-20(18,19)12-3-2-9(5-14)4-11(12)13/h2-4,6,8,16H,5,7,14H2,1H3. The van der Waals surface area contributed by atoms with E-state index in [1.54, 1.807) is 17.9 Å². The number of hydrogen-bond acceptors (Lipinski definition) is 4. The molecule has 0 unspecified atom stereocenters. The monoisotopic (exact) mass is 298 g/mol. The van der Waals surface area contributed by atoms with Gasteiger partial charge in [-0.05, 0) is 17.7 Å². The minimum atomic E-state index is -3.91. The smallest absolute Gasteiger partial charge is 0.243 e. The van der Waals surface area contributed by atoms with E-state index < -0.39 is 20.7 Å². The number of sulfonamides is 1. The van der Waals surface area contributed by atoms with Crippen molar-refractivity contribution in [2.45, 2.75) is 18.0 Å². The first-order chi connectivity index (χ1) is 9.42. The molecule has 6 nitrogen and oxygen atoms in total. The van der Waals surface area contributed by atoms with Crippen LogP contribution in [0.2, 0.25) is 0 Å². The molecule has 20 heavy (non-hydrogen) atoms. The Morgan fingerprint density at radius 1 is 1.40 bits per heavy atom. The summed E-state index contributed by atoms with van der Waals surface area (Å²) in [5.74, 6) is -0.813. The van der Waals surface area contributed by atoms with Crippen molar-refractivity contribution in [3.05, 3.63) is 47.5 Å². The Balaban J connectivity index is 2.18. The maximum atomic E-state index is 13.8. The first kappa shape index (κ1) is 14.6. The number of benzene rings is 1. The number of aromatic nitrogens is 2. The minimum Gasteiger partial charge on any atom is -0.326 e. The van der Waals surface area contributed by atoms with Gasteiger partial charge in [0.05, 0.1) is 6.20 Å². The highest BCUT2D eigenvalue weighted by molar-refractivity contribution is 7.89. The third-order valence-electron chi connectivity index (χ3n) is 2.75. The Morgan fingerprint density at radius 2 is 2.15 bits per heavy atom. The molecule has 1 heterocycles. The summed E-state index contributed by atoms with van der Waals surface area (Å²) in [6.07, 6.45) is 3.22. The summed E-state index contributed by atoms with van der Waals surface area (Å²) in [4.78, 5) is -0.390. The van der Waals surface area contributed by atoms with E-state index in [0.29, 0.717) is 11.1 Å². The molecule has 0 spiro atoms. The lowest BCUT2D eigenvalue weighted by Gasteiger charge is -2.07. The zero-order valence-electron chi connectivity index (χ0n) is 10.9. The molecule has 0 aliphatic rings. The summed E-state index contributed by atoms with van der Waals surface area (Å²) >= 11 is 0. The average Bonchev–Trinajstić information content (AvgIpc) is 2.82. The second kappa shape index (κ2) is 5.70. The molecule has 1 aromatic heterocycles. The largest absolute Gasteiger partial charge is 0.326 e. The Labute approximate surface area is 116 Å². The number of rotatable bonds is 5. The van der Waals surface area contributed by atoms with Crippen molar-refractivity contribution in [3.8, 4) is 0 Å². The van der Waals surface area contributed by atoms with Gasteiger partial charge >= 0.3 is 0 Å². The number of nitrogens with one attached hydrogen (secondary N) is 1. The molecule has 0 atom stereocenters. The molecule has 0 saturated carbocycles. The fourth-order valence-electron chi connectivity index (χ4n) is 1.71. The second-order valence-corrected chi connectivity index (χ2v) is 6.05. The Hall–Kier alpha value is -1.77. The Kier molecular flexibility index (Phi) is 4.17. The fourth-order valence-corrected chi connectivity index (χ4v) is 2.78. The second-order valence-electron chi connectivity index (χ2n) is 4.32. The van der Waals surface area contributed by atoms with Gasteiger partial charge in [0.1, 0.15) is 10.7 Å². The molecule has 3 N–H and O–H groups in total. The Bertz CT molecular complexity index is 712. The third-order valence-corrected chi connectivity index (χ3v) is 4.18. The van der Waals surface area contributed by atoms with E-state index in [2.05, 4.69) is 9.82 Å². The van der Waals surface area contributed by atoms with Crippen molar-refractivity contribution >= 4 is 10.0 Å². The highest BCUT2D eigenvalue weighted by atomic mass is 32.2. The van der Waals surface area contributed by atoms with Crippen LogP contribution in [0.15, 0.2) is 35.5 Å². The van der Waals surface area contributed by atoms with Crippen molar-refractivity contribution in [1.82, 2.24) is 14.5 Å². The molecule has 0 fully saturated rings. The summed E-state index contributed by atoms with van der Waals surface area (Å²) in [6.45, 7) is 0.203. The van der Waals surface area contributed by atoms with Crippen molar-refractivity contribution < 1.29 is 12.8 Å². The lowest BCUT2D eigenvalue weighted by Crippen LogP contribution is -2.24. The molecule has 0 radical (unpaired) electrons. The van der Waals surface area contributed by atoms with E-state index in [9.17, 15) is 12.8 Å². The third kappa shape index (κ3) is 3.21. The predicted molar refractivity (Wildman–Crippen MR) is 71.5 cm³/mol. The van der Waals surface area contributed by atoms with E-state index in [1.807, 2.05) is 0 Å². The molecule has 108 valence electrons. The average molecular weight is 298 g/mol. The summed E-state index contributed by atoms with van der Waals surface area (Å²) in [6, 6.07) is 3.82. The number of halogens is 1. The summed E-state index contributed by atoms with van der Waals surface area (Å²) in [5.41, 5.74) is 6.60. The van der Waals surface area contributed by atoms with Gasteiger partial charge in [0.2, 0.25) is 10.0 Å². The minimum absolute atomic E-state index is 0.0499. The molecule has 0 aliphatic heterocycles. The van der Waals surface area contributed by atoms with Crippen molar-refractivity contribution in [3.63, 3.8) is 0 Å². The zero-order chi connectivity index (χ0) is 14.8. The van der Waals surface area contributed by atoms with Crippen LogP contribution in [0.1, 0.15) is 11.1 Å². The van der Waals surface area contributed by atoms with Crippen LogP contribution in [0.5, 0.6) is 0 Å². The van der Waals surface area contributed by atoms with Gasteiger partial charge in [0, 0.05) is 31.9 Å². The highest BCUT2D eigenvalue weighted by Crippen LogP contribution is 2.16. The van der Waals surface area contributed by atoms with Crippen LogP contribution < -0.4 is 10.5 Å². The lowest BCUT2D eigenvalue weighted by atomic mass is 10.2. The van der Waals surface area contributed by atoms with Gasteiger partial charge in [-0.15, -0.1) is 0 Å². The quantitative estimate of drug-likeness (QED) is 0.841. The summed E-state index contributed by atoms with van der Waals surface area (Å²) < 4.78 is 41.7. The topological polar surface area (TPSA) is 90.0 Å². The summed E-state index contributed by atoms with van der Waals surface area (Å²) in [7, 11) is -2.18. The molecule has 1 aromatic carbocycles. The maximum absolute atomic E-state index is 13.8. The van der Waals surface area contributed by atoms with Crippen LogP contribution >= 0.6 is 0 Å². The fraction of sp³-hybridized carbons (Fsp3) is 0.250.